The third-order valence-electron chi connectivity index (χ3n) is 4.07. The molecule has 142 valence electrons. The second-order valence-electron chi connectivity index (χ2n) is 5.89. The molecule has 0 unspecified atom stereocenters. The summed E-state index contributed by atoms with van der Waals surface area (Å²) in [6.45, 7) is 0. The molecular weight excluding hydrogens is 439 g/mol. The molecule has 0 aliphatic heterocycles. The van der Waals surface area contributed by atoms with Crippen molar-refractivity contribution in [3.8, 4) is 11.5 Å². The molecule has 0 radical (unpaired) electrons. The van der Waals surface area contributed by atoms with Crippen LogP contribution in [0.2, 0.25) is 10.0 Å². The number of nitrogens with one attached hydrogen (secondary N) is 1. The van der Waals surface area contributed by atoms with Gasteiger partial charge in [-0.25, -0.2) is 8.42 Å². The lowest BCUT2D eigenvalue weighted by Crippen LogP contribution is -2.01. The molecule has 0 atom stereocenters. The maximum Gasteiger partial charge on any atom is 0.208 e. The predicted octanol–water partition coefficient (Wildman–Crippen LogP) is 5.78. The molecule has 4 rings (SSSR count). The van der Waals surface area contributed by atoms with Crippen LogP contribution in [0.5, 0.6) is 11.5 Å². The van der Waals surface area contributed by atoms with Crippen molar-refractivity contribution in [1.29, 1.82) is 0 Å². The fourth-order valence-corrected chi connectivity index (χ4v) is 5.15. The van der Waals surface area contributed by atoms with E-state index in [1.807, 2.05) is 0 Å². The first-order chi connectivity index (χ1) is 13.4. The standard InChI is InChI=1S/C19H12Cl2N2O3S2/c20-15-8-12(27)9-16(21)19(15)26-11-1-2-17-14(7-11)18(10-23-17)28(24,25)13-3-5-22-6-4-13/h1-10,23,27H. The lowest BCUT2D eigenvalue weighted by Gasteiger charge is -2.11. The van der Waals surface area contributed by atoms with Gasteiger partial charge in [-0.05, 0) is 42.5 Å². The van der Waals surface area contributed by atoms with Crippen molar-refractivity contribution in [2.24, 2.45) is 0 Å². The minimum atomic E-state index is -3.72. The summed E-state index contributed by atoms with van der Waals surface area (Å²) in [6.07, 6.45) is 4.33. The summed E-state index contributed by atoms with van der Waals surface area (Å²) in [6, 6.07) is 11.2. The van der Waals surface area contributed by atoms with Crippen molar-refractivity contribution in [2.75, 3.05) is 0 Å². The van der Waals surface area contributed by atoms with Gasteiger partial charge >= 0.3 is 0 Å². The molecule has 9 heteroatoms. The number of hydrogen-bond acceptors (Lipinski definition) is 5. The van der Waals surface area contributed by atoms with E-state index in [0.717, 1.165) is 0 Å². The molecule has 0 spiro atoms. The maximum absolute atomic E-state index is 13.0. The van der Waals surface area contributed by atoms with Crippen LogP contribution in [0.25, 0.3) is 10.9 Å². The minimum absolute atomic E-state index is 0.141. The number of halogens is 2. The topological polar surface area (TPSA) is 72.0 Å². The molecule has 0 aliphatic carbocycles. The molecule has 2 aromatic carbocycles. The van der Waals surface area contributed by atoms with Gasteiger partial charge in [0.1, 0.15) is 5.75 Å². The monoisotopic (exact) mass is 450 g/mol. The Bertz CT molecular complexity index is 1270. The number of nitrogens with zero attached hydrogens (tertiary/aromatic N) is 1. The maximum atomic E-state index is 13.0. The fourth-order valence-electron chi connectivity index (χ4n) is 2.77. The van der Waals surface area contributed by atoms with E-state index in [0.29, 0.717) is 31.6 Å². The molecule has 0 saturated heterocycles. The fraction of sp³-hybridized carbons (Fsp3) is 0. The number of benzene rings is 2. The average Bonchev–Trinajstić information content (AvgIpc) is 3.09. The third kappa shape index (κ3) is 3.46. The van der Waals surface area contributed by atoms with Gasteiger partial charge in [-0.3, -0.25) is 4.98 Å². The summed E-state index contributed by atoms with van der Waals surface area (Å²) < 4.78 is 31.8. The molecule has 28 heavy (non-hydrogen) atoms. The molecule has 2 heterocycles. The van der Waals surface area contributed by atoms with E-state index in [1.165, 1.54) is 30.7 Å². The van der Waals surface area contributed by atoms with Crippen LogP contribution < -0.4 is 4.74 Å². The molecule has 5 nitrogen and oxygen atoms in total. The number of aromatic nitrogens is 2. The summed E-state index contributed by atoms with van der Waals surface area (Å²) in [5.74, 6) is 0.670. The quantitative estimate of drug-likeness (QED) is 0.386. The van der Waals surface area contributed by atoms with Gasteiger partial charge in [0.2, 0.25) is 9.84 Å². The van der Waals surface area contributed by atoms with E-state index < -0.39 is 9.84 Å². The van der Waals surface area contributed by atoms with Crippen LogP contribution in [-0.4, -0.2) is 18.4 Å². The number of hydrogen-bond donors (Lipinski definition) is 2. The van der Waals surface area contributed by atoms with Gasteiger partial charge in [-0.2, -0.15) is 0 Å². The van der Waals surface area contributed by atoms with Crippen molar-refractivity contribution >= 4 is 56.6 Å². The van der Waals surface area contributed by atoms with Crippen LogP contribution in [0.1, 0.15) is 0 Å². The van der Waals surface area contributed by atoms with Crippen LogP contribution in [0.3, 0.4) is 0 Å². The number of ether oxygens (including phenoxy) is 1. The highest BCUT2D eigenvalue weighted by atomic mass is 35.5. The number of pyridine rings is 1. The summed E-state index contributed by atoms with van der Waals surface area (Å²) in [5, 5.41) is 1.10. The Morgan fingerprint density at radius 1 is 1.00 bits per heavy atom. The molecule has 0 aliphatic rings. The van der Waals surface area contributed by atoms with E-state index in [9.17, 15) is 8.42 Å². The van der Waals surface area contributed by atoms with Crippen molar-refractivity contribution in [1.82, 2.24) is 9.97 Å². The van der Waals surface area contributed by atoms with Crippen LogP contribution >= 0.6 is 35.8 Å². The Balaban J connectivity index is 1.80. The number of thiol groups is 1. The second kappa shape index (κ2) is 7.33. The molecule has 2 aromatic heterocycles. The summed E-state index contributed by atoms with van der Waals surface area (Å²) in [5.41, 5.74) is 0.655. The minimum Gasteiger partial charge on any atom is -0.454 e. The highest BCUT2D eigenvalue weighted by Crippen LogP contribution is 2.39. The molecule has 0 saturated carbocycles. The summed E-state index contributed by atoms with van der Waals surface area (Å²) in [4.78, 5) is 7.74. The van der Waals surface area contributed by atoms with Gasteiger partial charge in [0.25, 0.3) is 0 Å². The lowest BCUT2D eigenvalue weighted by atomic mass is 10.2. The Morgan fingerprint density at radius 3 is 2.36 bits per heavy atom. The molecular formula is C19H12Cl2N2O3S2. The largest absolute Gasteiger partial charge is 0.454 e. The van der Waals surface area contributed by atoms with Gasteiger partial charge in [-0.1, -0.05) is 23.2 Å². The molecule has 1 N–H and O–H groups in total. The first kappa shape index (κ1) is 19.1. The van der Waals surface area contributed by atoms with Crippen LogP contribution in [0.15, 0.2) is 75.7 Å². The van der Waals surface area contributed by atoms with E-state index in [1.54, 1.807) is 30.3 Å². The van der Waals surface area contributed by atoms with Gasteiger partial charge in [0.15, 0.2) is 5.75 Å². The first-order valence-electron chi connectivity index (χ1n) is 7.98. The number of sulfone groups is 1. The highest BCUT2D eigenvalue weighted by molar-refractivity contribution is 7.91. The molecule has 4 aromatic rings. The van der Waals surface area contributed by atoms with Gasteiger partial charge in [0.05, 0.1) is 19.8 Å². The first-order valence-corrected chi connectivity index (χ1v) is 10.7. The summed E-state index contributed by atoms with van der Waals surface area (Å²) >= 11 is 16.6. The van der Waals surface area contributed by atoms with Crippen molar-refractivity contribution in [3.05, 3.63) is 71.1 Å². The average molecular weight is 451 g/mol. The molecule has 0 amide bonds. The Labute approximate surface area is 176 Å². The highest BCUT2D eigenvalue weighted by Gasteiger charge is 2.22. The Hall–Kier alpha value is -2.19. The van der Waals surface area contributed by atoms with E-state index in [-0.39, 0.29) is 15.5 Å². The second-order valence-corrected chi connectivity index (χ2v) is 9.14. The van der Waals surface area contributed by atoms with Crippen LogP contribution in [0, 0.1) is 0 Å². The number of rotatable bonds is 4. The zero-order chi connectivity index (χ0) is 19.9. The van der Waals surface area contributed by atoms with Crippen LogP contribution in [-0.2, 0) is 9.84 Å². The normalized spacial score (nSPS) is 11.7. The molecule has 0 bridgehead atoms. The zero-order valence-corrected chi connectivity index (χ0v) is 17.3. The lowest BCUT2D eigenvalue weighted by molar-refractivity contribution is 0.483. The van der Waals surface area contributed by atoms with Gasteiger partial charge < -0.3 is 9.72 Å². The van der Waals surface area contributed by atoms with E-state index >= 15 is 0 Å². The third-order valence-corrected chi connectivity index (χ3v) is 6.70. The number of aromatic amines is 1. The van der Waals surface area contributed by atoms with Crippen molar-refractivity contribution in [2.45, 2.75) is 14.7 Å². The summed E-state index contributed by atoms with van der Waals surface area (Å²) in [7, 11) is -3.72. The smallest absolute Gasteiger partial charge is 0.208 e. The van der Waals surface area contributed by atoms with E-state index in [2.05, 4.69) is 22.6 Å². The Morgan fingerprint density at radius 2 is 1.68 bits per heavy atom. The van der Waals surface area contributed by atoms with Gasteiger partial charge in [-0.15, -0.1) is 12.6 Å². The van der Waals surface area contributed by atoms with Crippen molar-refractivity contribution in [3.63, 3.8) is 0 Å². The van der Waals surface area contributed by atoms with E-state index in [4.69, 9.17) is 27.9 Å². The van der Waals surface area contributed by atoms with Gasteiger partial charge in [0, 0.05) is 34.4 Å². The SMILES string of the molecule is O=S(=O)(c1ccncc1)c1c[nH]c2ccc(Oc3c(Cl)cc(S)cc3Cl)cc12. The zero-order valence-electron chi connectivity index (χ0n) is 14.1. The Kier molecular flexibility index (Phi) is 5.01. The predicted molar refractivity (Wildman–Crippen MR) is 112 cm³/mol. The number of H-pyrrole nitrogens is 1. The van der Waals surface area contributed by atoms with Crippen LogP contribution in [0.4, 0.5) is 0 Å². The number of fused-ring (bicyclic) bond motifs is 1. The molecule has 0 fully saturated rings. The van der Waals surface area contributed by atoms with Crippen molar-refractivity contribution < 1.29 is 13.2 Å².